The van der Waals surface area contributed by atoms with E-state index in [0.717, 1.165) is 18.4 Å². The normalized spacial score (nSPS) is 10.4. The number of aryl methyl sites for hydroxylation is 1. The number of esters is 1. The molecule has 6 heteroatoms. The lowest BCUT2D eigenvalue weighted by Gasteiger charge is -2.08. The minimum absolute atomic E-state index is 0.0488. The van der Waals surface area contributed by atoms with E-state index in [1.54, 1.807) is 30.3 Å². The van der Waals surface area contributed by atoms with Gasteiger partial charge in [0, 0.05) is 23.6 Å². The Balaban J connectivity index is 1.68. The lowest BCUT2D eigenvalue weighted by molar-refractivity contribution is -0.148. The zero-order valence-corrected chi connectivity index (χ0v) is 16.6. The predicted octanol–water partition coefficient (Wildman–Crippen LogP) is 4.12. The fourth-order valence-corrected chi connectivity index (χ4v) is 2.81. The van der Waals surface area contributed by atoms with E-state index >= 15 is 0 Å². The van der Waals surface area contributed by atoms with Crippen molar-refractivity contribution in [2.45, 2.75) is 39.2 Å². The molecule has 0 aliphatic carbocycles. The van der Waals surface area contributed by atoms with Gasteiger partial charge < -0.3 is 10.1 Å². The molecule has 0 atom stereocenters. The van der Waals surface area contributed by atoms with Crippen LogP contribution in [0.15, 0.2) is 48.5 Å². The van der Waals surface area contributed by atoms with Gasteiger partial charge in [0.1, 0.15) is 0 Å². The molecule has 0 spiro atoms. The van der Waals surface area contributed by atoms with Crippen molar-refractivity contribution >= 4 is 29.3 Å². The van der Waals surface area contributed by atoms with Crippen LogP contribution in [0.5, 0.6) is 0 Å². The number of halogens is 1. The van der Waals surface area contributed by atoms with Gasteiger partial charge in [-0.2, -0.15) is 0 Å². The Labute approximate surface area is 170 Å². The number of carbonyl (C=O) groups excluding carboxylic acids is 3. The first kappa shape index (κ1) is 21.6. The summed E-state index contributed by atoms with van der Waals surface area (Å²) in [5.41, 5.74) is 2.53. The molecule has 1 amide bonds. The first-order valence-corrected chi connectivity index (χ1v) is 9.65. The highest BCUT2D eigenvalue weighted by molar-refractivity contribution is 6.31. The van der Waals surface area contributed by atoms with E-state index in [1.165, 1.54) is 5.56 Å². The molecule has 0 saturated carbocycles. The highest BCUT2D eigenvalue weighted by Gasteiger charge is 2.12. The van der Waals surface area contributed by atoms with Crippen LogP contribution in [-0.4, -0.2) is 24.3 Å². The number of amides is 1. The predicted molar refractivity (Wildman–Crippen MR) is 108 cm³/mol. The van der Waals surface area contributed by atoms with Gasteiger partial charge in [-0.05, 0) is 23.6 Å². The molecular formula is C22H24ClNO4. The van der Waals surface area contributed by atoms with Crippen molar-refractivity contribution in [1.29, 1.82) is 0 Å². The number of ketones is 1. The largest absolute Gasteiger partial charge is 0.456 e. The number of nitrogens with one attached hydrogen (secondary N) is 1. The summed E-state index contributed by atoms with van der Waals surface area (Å²) < 4.78 is 4.92. The fraction of sp³-hybridized carbons (Fsp3) is 0.318. The van der Waals surface area contributed by atoms with Crippen LogP contribution in [0.25, 0.3) is 0 Å². The van der Waals surface area contributed by atoms with Crippen LogP contribution in [-0.2, 0) is 27.3 Å². The minimum atomic E-state index is -0.580. The molecule has 0 radical (unpaired) electrons. The summed E-state index contributed by atoms with van der Waals surface area (Å²) in [7, 11) is 0. The third-order valence-corrected chi connectivity index (χ3v) is 4.54. The molecule has 2 aromatic carbocycles. The van der Waals surface area contributed by atoms with Gasteiger partial charge in [0.25, 0.3) is 5.91 Å². The Morgan fingerprint density at radius 2 is 1.71 bits per heavy atom. The third kappa shape index (κ3) is 7.16. The lowest BCUT2D eigenvalue weighted by Crippen LogP contribution is -2.28. The number of Topliss-reactive ketones (excluding diaryl/α,β-unsaturated/α-hetero) is 1. The van der Waals surface area contributed by atoms with Crippen molar-refractivity contribution in [3.63, 3.8) is 0 Å². The van der Waals surface area contributed by atoms with E-state index in [9.17, 15) is 14.4 Å². The zero-order chi connectivity index (χ0) is 20.4. The van der Waals surface area contributed by atoms with Gasteiger partial charge >= 0.3 is 5.97 Å². The van der Waals surface area contributed by atoms with Crippen LogP contribution < -0.4 is 5.32 Å². The van der Waals surface area contributed by atoms with Crippen LogP contribution in [0, 0.1) is 0 Å². The Morgan fingerprint density at radius 3 is 2.39 bits per heavy atom. The van der Waals surface area contributed by atoms with Crippen molar-refractivity contribution in [2.75, 3.05) is 6.61 Å². The third-order valence-electron chi connectivity index (χ3n) is 4.17. The number of hydrogen-bond donors (Lipinski definition) is 1. The average Bonchev–Trinajstić information content (AvgIpc) is 2.70. The number of benzene rings is 2. The van der Waals surface area contributed by atoms with Gasteiger partial charge in [0.15, 0.2) is 12.4 Å². The minimum Gasteiger partial charge on any atom is -0.456 e. The molecule has 0 unspecified atom stereocenters. The second-order valence-corrected chi connectivity index (χ2v) is 6.81. The molecule has 5 nitrogen and oxygen atoms in total. The first-order chi connectivity index (χ1) is 13.5. The van der Waals surface area contributed by atoms with Gasteiger partial charge in [-0.15, -0.1) is 0 Å². The fourth-order valence-electron chi connectivity index (χ4n) is 2.61. The smallest absolute Gasteiger partial charge is 0.306 e. The van der Waals surface area contributed by atoms with Crippen molar-refractivity contribution in [3.8, 4) is 0 Å². The van der Waals surface area contributed by atoms with E-state index in [0.29, 0.717) is 10.6 Å². The standard InChI is InChI=1S/C22H24ClNO4/c1-2-5-16-8-10-17(11-9-16)20(25)12-13-22(27)28-15-21(26)24-14-18-6-3-4-7-19(18)23/h3-4,6-11H,2,5,12-15H2,1H3,(H,24,26). The molecule has 2 aromatic rings. The summed E-state index contributed by atoms with van der Waals surface area (Å²) in [4.78, 5) is 35.7. The topological polar surface area (TPSA) is 72.5 Å². The van der Waals surface area contributed by atoms with Gasteiger partial charge in [-0.3, -0.25) is 14.4 Å². The van der Waals surface area contributed by atoms with E-state index in [1.807, 2.05) is 18.2 Å². The number of rotatable bonds is 10. The maximum atomic E-state index is 12.1. The molecule has 148 valence electrons. The highest BCUT2D eigenvalue weighted by Crippen LogP contribution is 2.14. The molecule has 0 heterocycles. The Morgan fingerprint density at radius 1 is 1.00 bits per heavy atom. The van der Waals surface area contributed by atoms with Crippen LogP contribution >= 0.6 is 11.6 Å². The summed E-state index contributed by atoms with van der Waals surface area (Å²) in [6, 6.07) is 14.6. The molecule has 28 heavy (non-hydrogen) atoms. The van der Waals surface area contributed by atoms with E-state index in [-0.39, 0.29) is 31.8 Å². The Hall–Kier alpha value is -2.66. The SMILES string of the molecule is CCCc1ccc(C(=O)CCC(=O)OCC(=O)NCc2ccccc2Cl)cc1. The quantitative estimate of drug-likeness (QED) is 0.480. The molecule has 0 aromatic heterocycles. The summed E-state index contributed by atoms with van der Waals surface area (Å²) in [6.07, 6.45) is 2.00. The summed E-state index contributed by atoms with van der Waals surface area (Å²) >= 11 is 6.01. The van der Waals surface area contributed by atoms with Crippen LogP contribution in [0.3, 0.4) is 0 Å². The summed E-state index contributed by atoms with van der Waals surface area (Å²) in [6.45, 7) is 1.97. The number of hydrogen-bond acceptors (Lipinski definition) is 4. The number of carbonyl (C=O) groups is 3. The van der Waals surface area contributed by atoms with Gasteiger partial charge in [-0.25, -0.2) is 0 Å². The molecular weight excluding hydrogens is 378 g/mol. The monoisotopic (exact) mass is 401 g/mol. The molecule has 1 N–H and O–H groups in total. The first-order valence-electron chi connectivity index (χ1n) is 9.27. The van der Waals surface area contributed by atoms with E-state index in [2.05, 4.69) is 12.2 Å². The van der Waals surface area contributed by atoms with Crippen LogP contribution in [0.2, 0.25) is 5.02 Å². The van der Waals surface area contributed by atoms with Gasteiger partial charge in [-0.1, -0.05) is 67.4 Å². The van der Waals surface area contributed by atoms with Crippen LogP contribution in [0.1, 0.15) is 47.7 Å². The second kappa shape index (κ2) is 11.2. The molecule has 0 aliphatic heterocycles. The highest BCUT2D eigenvalue weighted by atomic mass is 35.5. The molecule has 0 aliphatic rings. The molecule has 0 fully saturated rings. The zero-order valence-electron chi connectivity index (χ0n) is 15.9. The second-order valence-electron chi connectivity index (χ2n) is 6.40. The summed E-state index contributed by atoms with van der Waals surface area (Å²) in [5.74, 6) is -1.13. The van der Waals surface area contributed by atoms with Crippen LogP contribution in [0.4, 0.5) is 0 Å². The van der Waals surface area contributed by atoms with Crippen molar-refractivity contribution in [2.24, 2.45) is 0 Å². The van der Waals surface area contributed by atoms with Crippen molar-refractivity contribution in [1.82, 2.24) is 5.32 Å². The van der Waals surface area contributed by atoms with E-state index in [4.69, 9.17) is 16.3 Å². The maximum absolute atomic E-state index is 12.1. The molecule has 0 saturated heterocycles. The van der Waals surface area contributed by atoms with Gasteiger partial charge in [0.05, 0.1) is 6.42 Å². The Bertz CT molecular complexity index is 818. The molecule has 2 rings (SSSR count). The number of ether oxygens (including phenoxy) is 1. The summed E-state index contributed by atoms with van der Waals surface area (Å²) in [5, 5.41) is 3.19. The van der Waals surface area contributed by atoms with Crippen molar-refractivity contribution < 1.29 is 19.1 Å². The average molecular weight is 402 g/mol. The maximum Gasteiger partial charge on any atom is 0.306 e. The Kier molecular flexibility index (Phi) is 8.69. The van der Waals surface area contributed by atoms with Gasteiger partial charge in [0.2, 0.25) is 0 Å². The van der Waals surface area contributed by atoms with E-state index < -0.39 is 11.9 Å². The molecule has 0 bridgehead atoms. The van der Waals surface area contributed by atoms with Crippen molar-refractivity contribution in [3.05, 3.63) is 70.2 Å². The lowest BCUT2D eigenvalue weighted by atomic mass is 10.0.